The van der Waals surface area contributed by atoms with E-state index >= 15 is 0 Å². The molecule has 124 valence electrons. The first-order valence-corrected chi connectivity index (χ1v) is 8.27. The summed E-state index contributed by atoms with van der Waals surface area (Å²) in [5, 5.41) is 4.54. The molecule has 0 amide bonds. The monoisotopic (exact) mass is 308 g/mol. The van der Waals surface area contributed by atoms with Crippen LogP contribution in [0.25, 0.3) is 0 Å². The van der Waals surface area contributed by atoms with Crippen LogP contribution in [0.2, 0.25) is 0 Å². The van der Waals surface area contributed by atoms with Crippen molar-refractivity contribution in [1.82, 2.24) is 9.78 Å². The zero-order chi connectivity index (χ0) is 16.1. The summed E-state index contributed by atoms with van der Waals surface area (Å²) in [6, 6.07) is 0. The van der Waals surface area contributed by atoms with Gasteiger partial charge in [-0.3, -0.25) is 9.48 Å². The minimum Gasteiger partial charge on any atom is -0.463 e. The number of carbonyl (C=O) groups is 1. The van der Waals surface area contributed by atoms with Crippen molar-refractivity contribution in [2.75, 3.05) is 13.2 Å². The fourth-order valence-corrected chi connectivity index (χ4v) is 2.83. The molecule has 5 nitrogen and oxygen atoms in total. The molecule has 22 heavy (non-hydrogen) atoms. The van der Waals surface area contributed by atoms with Gasteiger partial charge in [-0.2, -0.15) is 5.10 Å². The third kappa shape index (κ3) is 4.57. The van der Waals surface area contributed by atoms with E-state index in [0.29, 0.717) is 18.9 Å². The van der Waals surface area contributed by atoms with Crippen molar-refractivity contribution in [3.05, 3.63) is 17.0 Å². The fraction of sp³-hybridized carbons (Fsp3) is 0.765. The summed E-state index contributed by atoms with van der Waals surface area (Å²) in [7, 11) is 0. The summed E-state index contributed by atoms with van der Waals surface area (Å²) >= 11 is 0. The minimum atomic E-state index is -0.190. The van der Waals surface area contributed by atoms with Gasteiger partial charge in [0.05, 0.1) is 18.2 Å². The summed E-state index contributed by atoms with van der Waals surface area (Å²) < 4.78 is 13.0. The maximum Gasteiger partial charge on any atom is 0.310 e. The number of nitrogens with zero attached hydrogens (tertiary/aromatic N) is 2. The summed E-state index contributed by atoms with van der Waals surface area (Å²) in [4.78, 5) is 12.1. The number of esters is 1. The Morgan fingerprint density at radius 3 is 2.82 bits per heavy atom. The van der Waals surface area contributed by atoms with Crippen LogP contribution in [0.1, 0.15) is 50.1 Å². The summed E-state index contributed by atoms with van der Waals surface area (Å²) in [5.74, 6) is 0.339. The maximum absolute atomic E-state index is 12.1. The van der Waals surface area contributed by atoms with E-state index in [2.05, 4.69) is 18.9 Å². The standard InChI is InChI=1S/C17H28N2O3/c1-12(2)10-19-14(4)16(13(3)18-19)9-17(20)22-11-15-7-5-6-8-21-15/h12,15H,5-11H2,1-4H3. The van der Waals surface area contributed by atoms with Crippen molar-refractivity contribution in [1.29, 1.82) is 0 Å². The molecule has 0 saturated carbocycles. The number of ether oxygens (including phenoxy) is 2. The zero-order valence-corrected chi connectivity index (χ0v) is 14.2. The van der Waals surface area contributed by atoms with Gasteiger partial charge in [-0.25, -0.2) is 0 Å². The predicted octanol–water partition coefficient (Wildman–Crippen LogP) is 2.81. The quantitative estimate of drug-likeness (QED) is 0.758. The highest BCUT2D eigenvalue weighted by Gasteiger charge is 2.19. The molecule has 0 bridgehead atoms. The Kier molecular flexibility index (Phi) is 6.00. The number of carbonyl (C=O) groups excluding carboxylic acids is 1. The van der Waals surface area contributed by atoms with Crippen LogP contribution in [-0.4, -0.2) is 35.1 Å². The minimum absolute atomic E-state index is 0.0727. The Hall–Kier alpha value is -1.36. The van der Waals surface area contributed by atoms with Crippen LogP contribution < -0.4 is 0 Å². The van der Waals surface area contributed by atoms with Gasteiger partial charge in [-0.05, 0) is 39.0 Å². The van der Waals surface area contributed by atoms with Gasteiger partial charge >= 0.3 is 5.97 Å². The molecule has 1 fully saturated rings. The highest BCUT2D eigenvalue weighted by atomic mass is 16.6. The highest BCUT2D eigenvalue weighted by molar-refractivity contribution is 5.73. The van der Waals surface area contributed by atoms with E-state index in [1.807, 2.05) is 18.5 Å². The lowest BCUT2D eigenvalue weighted by atomic mass is 10.1. The van der Waals surface area contributed by atoms with Crippen LogP contribution in [0.15, 0.2) is 0 Å². The van der Waals surface area contributed by atoms with Gasteiger partial charge in [0.2, 0.25) is 0 Å². The van der Waals surface area contributed by atoms with Crippen molar-refractivity contribution in [2.45, 2.75) is 66.0 Å². The molecule has 1 aliphatic rings. The first-order chi connectivity index (χ1) is 10.5. The first kappa shape index (κ1) is 17.0. The van der Waals surface area contributed by atoms with Crippen molar-refractivity contribution >= 4 is 5.97 Å². The van der Waals surface area contributed by atoms with Crippen LogP contribution in [0.5, 0.6) is 0 Å². The van der Waals surface area contributed by atoms with Gasteiger partial charge in [-0.1, -0.05) is 13.8 Å². The van der Waals surface area contributed by atoms with Gasteiger partial charge in [0.15, 0.2) is 0 Å². The van der Waals surface area contributed by atoms with Gasteiger partial charge < -0.3 is 9.47 Å². The predicted molar refractivity (Wildman–Crippen MR) is 84.8 cm³/mol. The largest absolute Gasteiger partial charge is 0.463 e. The van der Waals surface area contributed by atoms with Crippen molar-refractivity contribution in [3.8, 4) is 0 Å². The fourth-order valence-electron chi connectivity index (χ4n) is 2.83. The van der Waals surface area contributed by atoms with Crippen molar-refractivity contribution < 1.29 is 14.3 Å². The topological polar surface area (TPSA) is 53.4 Å². The Labute approximate surface area is 133 Å². The summed E-state index contributed by atoms with van der Waals surface area (Å²) in [5.41, 5.74) is 2.98. The van der Waals surface area contributed by atoms with Crippen LogP contribution in [0.4, 0.5) is 0 Å². The Morgan fingerprint density at radius 1 is 1.41 bits per heavy atom. The molecule has 1 aromatic heterocycles. The second kappa shape index (κ2) is 7.77. The smallest absolute Gasteiger partial charge is 0.310 e. The lowest BCUT2D eigenvalue weighted by Crippen LogP contribution is -2.26. The van der Waals surface area contributed by atoms with Gasteiger partial charge in [0.1, 0.15) is 6.61 Å². The highest BCUT2D eigenvalue weighted by Crippen LogP contribution is 2.17. The van der Waals surface area contributed by atoms with Crippen molar-refractivity contribution in [3.63, 3.8) is 0 Å². The van der Waals surface area contributed by atoms with Crippen LogP contribution in [0.3, 0.4) is 0 Å². The first-order valence-electron chi connectivity index (χ1n) is 8.27. The second-order valence-corrected chi connectivity index (χ2v) is 6.57. The number of aromatic nitrogens is 2. The molecule has 1 saturated heterocycles. The normalized spacial score (nSPS) is 18.7. The molecule has 1 unspecified atom stereocenters. The SMILES string of the molecule is Cc1nn(CC(C)C)c(C)c1CC(=O)OCC1CCCCO1. The molecule has 0 aliphatic carbocycles. The Bertz CT molecular complexity index is 502. The molecule has 0 N–H and O–H groups in total. The maximum atomic E-state index is 12.1. The van der Waals surface area contributed by atoms with E-state index in [1.165, 1.54) is 0 Å². The average molecular weight is 308 g/mol. The molecule has 2 heterocycles. The average Bonchev–Trinajstić information content (AvgIpc) is 2.73. The molecular weight excluding hydrogens is 280 g/mol. The number of hydrogen-bond acceptors (Lipinski definition) is 4. The van der Waals surface area contributed by atoms with E-state index in [0.717, 1.165) is 49.4 Å². The molecule has 0 spiro atoms. The van der Waals surface area contributed by atoms with Gasteiger partial charge in [0, 0.05) is 24.4 Å². The van der Waals surface area contributed by atoms with Gasteiger partial charge in [0.25, 0.3) is 0 Å². The summed E-state index contributed by atoms with van der Waals surface area (Å²) in [6.45, 7) is 10.3. The number of aryl methyl sites for hydroxylation is 1. The molecule has 5 heteroatoms. The summed E-state index contributed by atoms with van der Waals surface area (Å²) in [6.07, 6.45) is 3.61. The molecule has 0 radical (unpaired) electrons. The Balaban J connectivity index is 1.89. The third-order valence-corrected chi connectivity index (χ3v) is 4.09. The molecule has 2 rings (SSSR count). The third-order valence-electron chi connectivity index (χ3n) is 4.09. The molecule has 1 aliphatic heterocycles. The lowest BCUT2D eigenvalue weighted by Gasteiger charge is -2.22. The van der Waals surface area contributed by atoms with E-state index in [1.54, 1.807) is 0 Å². The van der Waals surface area contributed by atoms with E-state index in [-0.39, 0.29) is 12.1 Å². The lowest BCUT2D eigenvalue weighted by molar-refractivity contribution is -0.148. The van der Waals surface area contributed by atoms with Crippen LogP contribution in [-0.2, 0) is 27.2 Å². The van der Waals surface area contributed by atoms with E-state index in [9.17, 15) is 4.79 Å². The van der Waals surface area contributed by atoms with Crippen LogP contribution in [0, 0.1) is 19.8 Å². The molecule has 0 aromatic carbocycles. The molecular formula is C17H28N2O3. The number of rotatable bonds is 6. The second-order valence-electron chi connectivity index (χ2n) is 6.57. The van der Waals surface area contributed by atoms with E-state index < -0.39 is 0 Å². The molecule has 1 aromatic rings. The number of hydrogen-bond donors (Lipinski definition) is 0. The van der Waals surface area contributed by atoms with E-state index in [4.69, 9.17) is 9.47 Å². The molecule has 1 atom stereocenters. The van der Waals surface area contributed by atoms with Crippen LogP contribution >= 0.6 is 0 Å². The van der Waals surface area contributed by atoms with Gasteiger partial charge in [-0.15, -0.1) is 0 Å². The van der Waals surface area contributed by atoms with Crippen molar-refractivity contribution in [2.24, 2.45) is 5.92 Å². The Morgan fingerprint density at radius 2 is 2.18 bits per heavy atom. The zero-order valence-electron chi connectivity index (χ0n) is 14.2.